The van der Waals surface area contributed by atoms with Crippen molar-refractivity contribution in [2.45, 2.75) is 25.4 Å². The molecule has 2 bridgehead atoms. The van der Waals surface area contributed by atoms with Crippen molar-refractivity contribution in [3.63, 3.8) is 0 Å². The van der Waals surface area contributed by atoms with E-state index in [0.29, 0.717) is 23.0 Å². The van der Waals surface area contributed by atoms with Crippen LogP contribution in [0.25, 0.3) is 11.1 Å². The molecule has 0 unspecified atom stereocenters. The summed E-state index contributed by atoms with van der Waals surface area (Å²) in [4.78, 5) is 17.2. The van der Waals surface area contributed by atoms with Crippen molar-refractivity contribution in [2.75, 3.05) is 13.1 Å². The third-order valence-corrected chi connectivity index (χ3v) is 6.80. The first-order chi connectivity index (χ1) is 13.7. The molecular formula is C23H21N3OS. The van der Waals surface area contributed by atoms with Gasteiger partial charge in [-0.05, 0) is 53.6 Å². The Labute approximate surface area is 168 Å². The van der Waals surface area contributed by atoms with Crippen molar-refractivity contribution in [1.82, 2.24) is 9.47 Å². The van der Waals surface area contributed by atoms with Crippen LogP contribution in [-0.4, -0.2) is 22.6 Å². The van der Waals surface area contributed by atoms with Gasteiger partial charge < -0.3 is 4.57 Å². The van der Waals surface area contributed by atoms with Crippen LogP contribution in [-0.2, 0) is 13.1 Å². The molecular weight excluding hydrogens is 366 g/mol. The molecule has 3 aromatic rings. The monoisotopic (exact) mass is 387 g/mol. The van der Waals surface area contributed by atoms with Gasteiger partial charge in [-0.15, -0.1) is 11.3 Å². The fraction of sp³-hybridized carbons (Fsp3) is 0.304. The van der Waals surface area contributed by atoms with Gasteiger partial charge in [-0.1, -0.05) is 18.2 Å². The summed E-state index contributed by atoms with van der Waals surface area (Å²) in [7, 11) is 0. The Bertz CT molecular complexity index is 1110. The quantitative estimate of drug-likeness (QED) is 0.681. The highest BCUT2D eigenvalue weighted by Gasteiger charge is 2.35. The molecule has 2 atom stereocenters. The predicted molar refractivity (Wildman–Crippen MR) is 111 cm³/mol. The maximum Gasteiger partial charge on any atom is 0.258 e. The Morgan fingerprint density at radius 1 is 1.11 bits per heavy atom. The van der Waals surface area contributed by atoms with E-state index < -0.39 is 0 Å². The first-order valence-electron chi connectivity index (χ1n) is 9.70. The Kier molecular flexibility index (Phi) is 4.38. The minimum atomic E-state index is 0.0778. The van der Waals surface area contributed by atoms with Crippen LogP contribution in [0.4, 0.5) is 0 Å². The van der Waals surface area contributed by atoms with Gasteiger partial charge in [0.25, 0.3) is 5.56 Å². The van der Waals surface area contributed by atoms with Crippen molar-refractivity contribution < 1.29 is 0 Å². The van der Waals surface area contributed by atoms with Gasteiger partial charge in [0.2, 0.25) is 0 Å². The molecule has 5 rings (SSSR count). The molecule has 5 heteroatoms. The maximum atomic E-state index is 13.3. The van der Waals surface area contributed by atoms with Gasteiger partial charge in [0.15, 0.2) is 0 Å². The zero-order valence-corrected chi connectivity index (χ0v) is 16.4. The van der Waals surface area contributed by atoms with E-state index in [2.05, 4.69) is 34.5 Å². The summed E-state index contributed by atoms with van der Waals surface area (Å²) in [5.41, 5.74) is 3.35. The Hall–Kier alpha value is -2.68. The molecule has 1 aromatic carbocycles. The summed E-state index contributed by atoms with van der Waals surface area (Å²) in [5, 5.41) is 11.3. The number of rotatable bonds is 3. The lowest BCUT2D eigenvalue weighted by molar-refractivity contribution is 0.115. The van der Waals surface area contributed by atoms with Gasteiger partial charge in [-0.25, -0.2) is 0 Å². The highest BCUT2D eigenvalue weighted by atomic mass is 32.1. The molecule has 28 heavy (non-hydrogen) atoms. The second-order valence-corrected chi connectivity index (χ2v) is 8.88. The van der Waals surface area contributed by atoms with E-state index in [4.69, 9.17) is 5.26 Å². The minimum absolute atomic E-state index is 0.0778. The highest BCUT2D eigenvalue weighted by molar-refractivity contribution is 7.09. The third kappa shape index (κ3) is 3.09. The van der Waals surface area contributed by atoms with Crippen LogP contribution in [0.2, 0.25) is 0 Å². The van der Waals surface area contributed by atoms with Crippen molar-refractivity contribution in [1.29, 1.82) is 5.26 Å². The molecule has 1 fully saturated rings. The topological polar surface area (TPSA) is 49.0 Å². The molecule has 2 aliphatic rings. The lowest BCUT2D eigenvalue weighted by Gasteiger charge is -2.42. The molecule has 4 heterocycles. The summed E-state index contributed by atoms with van der Waals surface area (Å²) in [6, 6.07) is 17.9. The Balaban J connectivity index is 1.47. The fourth-order valence-corrected chi connectivity index (χ4v) is 5.52. The zero-order valence-electron chi connectivity index (χ0n) is 15.5. The molecule has 0 N–H and O–H groups in total. The number of nitrogens with zero attached hydrogens (tertiary/aromatic N) is 3. The Morgan fingerprint density at radius 2 is 2.04 bits per heavy atom. The van der Waals surface area contributed by atoms with Gasteiger partial charge in [-0.3, -0.25) is 9.69 Å². The molecule has 0 amide bonds. The molecule has 1 saturated heterocycles. The molecule has 0 radical (unpaired) electrons. The lowest BCUT2D eigenvalue weighted by Crippen LogP contribution is -2.46. The second kappa shape index (κ2) is 7.05. The van der Waals surface area contributed by atoms with E-state index in [9.17, 15) is 4.79 Å². The highest BCUT2D eigenvalue weighted by Crippen LogP contribution is 2.36. The van der Waals surface area contributed by atoms with E-state index in [1.165, 1.54) is 11.3 Å². The molecule has 2 aromatic heterocycles. The van der Waals surface area contributed by atoms with Crippen LogP contribution >= 0.6 is 11.3 Å². The van der Waals surface area contributed by atoms with Crippen molar-refractivity contribution in [3.8, 4) is 17.2 Å². The van der Waals surface area contributed by atoms with Crippen molar-refractivity contribution >= 4 is 11.3 Å². The average Bonchev–Trinajstić information content (AvgIpc) is 3.22. The number of hydrogen-bond acceptors (Lipinski definition) is 4. The zero-order chi connectivity index (χ0) is 19.1. The molecule has 140 valence electrons. The van der Waals surface area contributed by atoms with E-state index in [0.717, 1.165) is 37.4 Å². The summed E-state index contributed by atoms with van der Waals surface area (Å²) >= 11 is 1.82. The van der Waals surface area contributed by atoms with E-state index in [-0.39, 0.29) is 5.56 Å². The van der Waals surface area contributed by atoms with E-state index >= 15 is 0 Å². The number of benzene rings is 1. The van der Waals surface area contributed by atoms with Crippen LogP contribution in [0, 0.1) is 17.2 Å². The fourth-order valence-electron chi connectivity index (χ4n) is 4.77. The van der Waals surface area contributed by atoms with E-state index in [1.807, 2.05) is 34.1 Å². The van der Waals surface area contributed by atoms with Crippen molar-refractivity contribution in [3.05, 3.63) is 80.4 Å². The number of pyridine rings is 1. The van der Waals surface area contributed by atoms with Gasteiger partial charge >= 0.3 is 0 Å². The first-order valence-corrected chi connectivity index (χ1v) is 10.6. The van der Waals surface area contributed by atoms with Gasteiger partial charge in [-0.2, -0.15) is 5.26 Å². The Morgan fingerprint density at radius 3 is 2.86 bits per heavy atom. The van der Waals surface area contributed by atoms with Crippen LogP contribution < -0.4 is 5.56 Å². The smallest absolute Gasteiger partial charge is 0.258 e. The maximum absolute atomic E-state index is 13.3. The standard InChI is InChI=1S/C23H21N3OS/c24-11-16-3-1-4-18(9-16)21-6-7-22-19-10-17(13-26(22)23(21)27)12-25(14-19)15-20-5-2-8-28-20/h1-9,17,19H,10,12-15H2/t17-,19+/m0/s1. The third-order valence-electron chi connectivity index (χ3n) is 5.94. The summed E-state index contributed by atoms with van der Waals surface area (Å²) in [6.07, 6.45) is 1.17. The number of likely N-dealkylation sites (tertiary alicyclic amines) is 1. The normalized spacial score (nSPS) is 21.1. The number of thiophene rings is 1. The molecule has 0 spiro atoms. The lowest BCUT2D eigenvalue weighted by atomic mass is 9.82. The largest absolute Gasteiger partial charge is 0.311 e. The summed E-state index contributed by atoms with van der Waals surface area (Å²) in [5.74, 6) is 0.935. The van der Waals surface area contributed by atoms with Crippen LogP contribution in [0.5, 0.6) is 0 Å². The van der Waals surface area contributed by atoms with E-state index in [1.54, 1.807) is 12.1 Å². The summed E-state index contributed by atoms with van der Waals surface area (Å²) in [6.45, 7) is 3.86. The van der Waals surface area contributed by atoms with Crippen molar-refractivity contribution in [2.24, 2.45) is 5.92 Å². The van der Waals surface area contributed by atoms with Crippen LogP contribution in [0.3, 0.4) is 0 Å². The van der Waals surface area contributed by atoms with Crippen LogP contribution in [0.1, 0.15) is 28.5 Å². The number of piperidine rings is 1. The number of hydrogen-bond donors (Lipinski definition) is 0. The average molecular weight is 388 g/mol. The molecule has 0 saturated carbocycles. The molecule has 4 nitrogen and oxygen atoms in total. The second-order valence-electron chi connectivity index (χ2n) is 7.85. The number of aromatic nitrogens is 1. The summed E-state index contributed by atoms with van der Waals surface area (Å²) < 4.78 is 2.00. The number of fused-ring (bicyclic) bond motifs is 4. The predicted octanol–water partition coefficient (Wildman–Crippen LogP) is 4.07. The SMILES string of the molecule is N#Cc1cccc(-c2ccc3n(c2=O)C[C@H]2C[C@@H]3CN(Cc3cccs3)C2)c1. The first kappa shape index (κ1) is 17.4. The molecule has 0 aliphatic carbocycles. The number of nitriles is 1. The van der Waals surface area contributed by atoms with Crippen LogP contribution in [0.15, 0.2) is 58.7 Å². The van der Waals surface area contributed by atoms with Gasteiger partial charge in [0.1, 0.15) is 0 Å². The van der Waals surface area contributed by atoms with Gasteiger partial charge in [0, 0.05) is 48.2 Å². The van der Waals surface area contributed by atoms with Gasteiger partial charge in [0.05, 0.1) is 11.6 Å². The minimum Gasteiger partial charge on any atom is -0.311 e. The molecule has 2 aliphatic heterocycles.